The summed E-state index contributed by atoms with van der Waals surface area (Å²) in [5, 5.41) is -3.22. The number of hydrogen-bond donors (Lipinski definition) is 0. The molecule has 0 aromatic rings. The second-order valence-electron chi connectivity index (χ2n) is 7.33. The summed E-state index contributed by atoms with van der Waals surface area (Å²) in [5.41, 5.74) is 0. The minimum Gasteiger partial charge on any atom is -0.747 e. The standard InChI is InChI=1S/C17H25F3O7S/c18-17(19,20)13(15(21)26-11-7-3-1-4-8-11)14(28(23,24)25)16(22)27-12-9-5-2-6-10-12/h11-14H,1-10H2,(H,23,24,25)/p-1. The Labute approximate surface area is 161 Å². The van der Waals surface area contributed by atoms with Crippen LogP contribution < -0.4 is 0 Å². The van der Waals surface area contributed by atoms with E-state index in [1.165, 1.54) is 0 Å². The van der Waals surface area contributed by atoms with E-state index < -0.39 is 51.6 Å². The molecular weight excluding hydrogens is 405 g/mol. The van der Waals surface area contributed by atoms with Gasteiger partial charge in [-0.1, -0.05) is 12.8 Å². The number of carbonyl (C=O) groups is 2. The third kappa shape index (κ3) is 6.33. The van der Waals surface area contributed by atoms with Gasteiger partial charge in [0.15, 0.2) is 11.2 Å². The van der Waals surface area contributed by atoms with Crippen LogP contribution in [0.25, 0.3) is 0 Å². The summed E-state index contributed by atoms with van der Waals surface area (Å²) in [6.45, 7) is 0. The summed E-state index contributed by atoms with van der Waals surface area (Å²) in [4.78, 5) is 24.4. The molecule has 2 aliphatic rings. The number of halogens is 3. The maximum absolute atomic E-state index is 13.5. The van der Waals surface area contributed by atoms with Crippen LogP contribution in [0, 0.1) is 5.92 Å². The molecule has 2 unspecified atom stereocenters. The lowest BCUT2D eigenvalue weighted by atomic mass is 9.97. The van der Waals surface area contributed by atoms with Crippen LogP contribution in [0.5, 0.6) is 0 Å². The van der Waals surface area contributed by atoms with Crippen LogP contribution >= 0.6 is 0 Å². The molecule has 0 N–H and O–H groups in total. The summed E-state index contributed by atoms with van der Waals surface area (Å²) >= 11 is 0. The van der Waals surface area contributed by atoms with Gasteiger partial charge in [-0.25, -0.2) is 8.42 Å². The van der Waals surface area contributed by atoms with Crippen molar-refractivity contribution >= 4 is 22.1 Å². The highest BCUT2D eigenvalue weighted by Crippen LogP contribution is 2.35. The van der Waals surface area contributed by atoms with Gasteiger partial charge in [0.25, 0.3) is 0 Å². The zero-order valence-corrected chi connectivity index (χ0v) is 16.1. The van der Waals surface area contributed by atoms with Crippen molar-refractivity contribution in [2.45, 2.75) is 87.8 Å². The van der Waals surface area contributed by atoms with Crippen molar-refractivity contribution in [3.63, 3.8) is 0 Å². The number of esters is 2. The first-order valence-corrected chi connectivity index (χ1v) is 10.9. The van der Waals surface area contributed by atoms with Gasteiger partial charge < -0.3 is 14.0 Å². The quantitative estimate of drug-likeness (QED) is 0.472. The zero-order valence-electron chi connectivity index (χ0n) is 15.3. The fraction of sp³-hybridized carbons (Fsp3) is 0.882. The number of carbonyl (C=O) groups excluding carboxylic acids is 2. The van der Waals surface area contributed by atoms with Crippen molar-refractivity contribution in [1.82, 2.24) is 0 Å². The van der Waals surface area contributed by atoms with Gasteiger partial charge in [-0.3, -0.25) is 9.59 Å². The lowest BCUT2D eigenvalue weighted by Gasteiger charge is -2.31. The van der Waals surface area contributed by atoms with Gasteiger partial charge in [0.2, 0.25) is 0 Å². The van der Waals surface area contributed by atoms with E-state index in [0.29, 0.717) is 51.4 Å². The van der Waals surface area contributed by atoms with Gasteiger partial charge in [0, 0.05) is 0 Å². The molecule has 0 aromatic heterocycles. The van der Waals surface area contributed by atoms with Gasteiger partial charge >= 0.3 is 18.1 Å². The molecule has 0 saturated heterocycles. The highest BCUT2D eigenvalue weighted by atomic mass is 32.2. The fourth-order valence-electron chi connectivity index (χ4n) is 3.68. The predicted molar refractivity (Wildman–Crippen MR) is 89.0 cm³/mol. The lowest BCUT2D eigenvalue weighted by Crippen LogP contribution is -2.51. The molecule has 2 rings (SSSR count). The molecule has 0 aliphatic heterocycles. The predicted octanol–water partition coefficient (Wildman–Crippen LogP) is 2.83. The first-order chi connectivity index (χ1) is 13.0. The minimum absolute atomic E-state index is 0.345. The molecule has 2 fully saturated rings. The molecule has 2 saturated carbocycles. The Morgan fingerprint density at radius 2 is 1.21 bits per heavy atom. The maximum atomic E-state index is 13.5. The van der Waals surface area contributed by atoms with Crippen LogP contribution in [0.3, 0.4) is 0 Å². The van der Waals surface area contributed by atoms with Crippen molar-refractivity contribution < 1.29 is 45.2 Å². The summed E-state index contributed by atoms with van der Waals surface area (Å²) < 4.78 is 84.9. The Morgan fingerprint density at radius 1 is 0.821 bits per heavy atom. The maximum Gasteiger partial charge on any atom is 0.404 e. The first-order valence-electron chi connectivity index (χ1n) is 9.42. The van der Waals surface area contributed by atoms with E-state index in [1.807, 2.05) is 0 Å². The van der Waals surface area contributed by atoms with E-state index in [-0.39, 0.29) is 0 Å². The molecule has 0 bridgehead atoms. The van der Waals surface area contributed by atoms with Gasteiger partial charge in [-0.15, -0.1) is 0 Å². The van der Waals surface area contributed by atoms with Gasteiger partial charge in [0.1, 0.15) is 22.3 Å². The summed E-state index contributed by atoms with van der Waals surface area (Å²) in [6.07, 6.45) is -1.26. The largest absolute Gasteiger partial charge is 0.747 e. The van der Waals surface area contributed by atoms with Crippen LogP contribution in [0.1, 0.15) is 64.2 Å². The SMILES string of the molecule is O=C(OC1CCCCC1)C(C(C(=O)OC1CCCCC1)S(=O)(=O)[O-])C(F)(F)F. The molecule has 0 spiro atoms. The van der Waals surface area contributed by atoms with Crippen molar-refractivity contribution in [3.05, 3.63) is 0 Å². The molecule has 0 heterocycles. The molecule has 0 radical (unpaired) electrons. The second-order valence-corrected chi connectivity index (χ2v) is 8.82. The van der Waals surface area contributed by atoms with Crippen molar-refractivity contribution in [2.75, 3.05) is 0 Å². The Kier molecular flexibility index (Phi) is 7.72. The lowest BCUT2D eigenvalue weighted by molar-refractivity contribution is -0.206. The summed E-state index contributed by atoms with van der Waals surface area (Å²) in [6, 6.07) is 0. The van der Waals surface area contributed by atoms with E-state index in [9.17, 15) is 35.7 Å². The highest BCUT2D eigenvalue weighted by molar-refractivity contribution is 7.87. The van der Waals surface area contributed by atoms with E-state index in [2.05, 4.69) is 0 Å². The summed E-state index contributed by atoms with van der Waals surface area (Å²) in [7, 11) is -5.83. The molecule has 0 amide bonds. The number of rotatable bonds is 6. The highest BCUT2D eigenvalue weighted by Gasteiger charge is 2.57. The number of ether oxygens (including phenoxy) is 2. The molecule has 2 atom stereocenters. The van der Waals surface area contributed by atoms with Crippen molar-refractivity contribution in [2.24, 2.45) is 5.92 Å². The van der Waals surface area contributed by atoms with E-state index in [1.54, 1.807) is 0 Å². The van der Waals surface area contributed by atoms with E-state index in [0.717, 1.165) is 12.8 Å². The topological polar surface area (TPSA) is 110 Å². The van der Waals surface area contributed by atoms with E-state index in [4.69, 9.17) is 9.47 Å². The third-order valence-corrected chi connectivity index (χ3v) is 6.21. The van der Waals surface area contributed by atoms with Gasteiger partial charge in [0.05, 0.1) is 0 Å². The summed E-state index contributed by atoms with van der Waals surface area (Å²) in [5.74, 6) is -7.18. The Bertz CT molecular complexity index is 650. The Hall–Kier alpha value is -1.36. The normalized spacial score (nSPS) is 22.3. The van der Waals surface area contributed by atoms with Crippen LogP contribution in [0.15, 0.2) is 0 Å². The van der Waals surface area contributed by atoms with E-state index >= 15 is 0 Å². The number of alkyl halides is 3. The molecule has 0 aromatic carbocycles. The first kappa shape index (κ1) is 22.9. The molecule has 7 nitrogen and oxygen atoms in total. The fourth-order valence-corrected chi connectivity index (χ4v) is 4.57. The van der Waals surface area contributed by atoms with Gasteiger partial charge in [-0.05, 0) is 51.4 Å². The second kappa shape index (κ2) is 9.43. The van der Waals surface area contributed by atoms with Crippen molar-refractivity contribution in [3.8, 4) is 0 Å². The average molecular weight is 429 g/mol. The van der Waals surface area contributed by atoms with Crippen LogP contribution in [-0.2, 0) is 29.2 Å². The zero-order chi connectivity index (χ0) is 20.9. The number of hydrogen-bond acceptors (Lipinski definition) is 7. The Morgan fingerprint density at radius 3 is 1.57 bits per heavy atom. The molecule has 28 heavy (non-hydrogen) atoms. The minimum atomic E-state index is -5.83. The molecule has 162 valence electrons. The monoisotopic (exact) mass is 429 g/mol. The smallest absolute Gasteiger partial charge is 0.404 e. The van der Waals surface area contributed by atoms with Crippen LogP contribution in [0.2, 0.25) is 0 Å². The third-order valence-electron chi connectivity index (χ3n) is 5.12. The van der Waals surface area contributed by atoms with Crippen LogP contribution in [0.4, 0.5) is 13.2 Å². The Balaban J connectivity index is 2.23. The molecule has 11 heteroatoms. The van der Waals surface area contributed by atoms with Gasteiger partial charge in [-0.2, -0.15) is 13.2 Å². The van der Waals surface area contributed by atoms with Crippen LogP contribution in [-0.4, -0.2) is 48.5 Å². The molecular formula is C17H24F3O7S-. The average Bonchev–Trinajstić information content (AvgIpc) is 2.59. The van der Waals surface area contributed by atoms with Crippen molar-refractivity contribution in [1.29, 1.82) is 0 Å². The molecule has 2 aliphatic carbocycles.